The van der Waals surface area contributed by atoms with Crippen LogP contribution in [0.15, 0.2) is 47.4 Å². The van der Waals surface area contributed by atoms with Gasteiger partial charge in [0.15, 0.2) is 18.2 Å². The Morgan fingerprint density at radius 3 is 2.37 bits per heavy atom. The van der Waals surface area contributed by atoms with Crippen LogP contribution in [0.5, 0.6) is 5.75 Å². The van der Waals surface area contributed by atoms with E-state index in [1.807, 2.05) is 18.2 Å². The molecule has 1 fully saturated rings. The smallest absolute Gasteiger partial charge is 0.260 e. The number of carbonyl (C=O) groups excluding carboxylic acids is 1. The predicted octanol–water partition coefficient (Wildman–Crippen LogP) is 3.00. The van der Waals surface area contributed by atoms with Crippen LogP contribution in [0.4, 0.5) is 8.78 Å². The zero-order chi connectivity index (χ0) is 21.9. The van der Waals surface area contributed by atoms with Gasteiger partial charge in [0.05, 0.1) is 4.90 Å². The Morgan fingerprint density at radius 2 is 1.73 bits per heavy atom. The van der Waals surface area contributed by atoms with E-state index in [-0.39, 0.29) is 43.6 Å². The molecule has 6 nitrogen and oxygen atoms in total. The van der Waals surface area contributed by atoms with Gasteiger partial charge >= 0.3 is 0 Å². The summed E-state index contributed by atoms with van der Waals surface area (Å²) in [5.74, 6) is -1.62. The fourth-order valence-corrected chi connectivity index (χ4v) is 4.60. The van der Waals surface area contributed by atoms with E-state index >= 15 is 0 Å². The number of ether oxygens (including phenoxy) is 1. The topological polar surface area (TPSA) is 66.9 Å². The first-order valence-electron chi connectivity index (χ1n) is 9.64. The van der Waals surface area contributed by atoms with E-state index in [4.69, 9.17) is 4.74 Å². The molecule has 162 valence electrons. The molecule has 2 aromatic carbocycles. The third-order valence-corrected chi connectivity index (χ3v) is 6.90. The average molecular weight is 438 g/mol. The van der Waals surface area contributed by atoms with Crippen molar-refractivity contribution in [2.24, 2.45) is 0 Å². The van der Waals surface area contributed by atoms with Gasteiger partial charge in [0.2, 0.25) is 10.0 Å². The van der Waals surface area contributed by atoms with Gasteiger partial charge in [-0.05, 0) is 41.8 Å². The highest BCUT2D eigenvalue weighted by atomic mass is 32.2. The van der Waals surface area contributed by atoms with Gasteiger partial charge in [-0.15, -0.1) is 0 Å². The third-order valence-electron chi connectivity index (χ3n) is 5.01. The van der Waals surface area contributed by atoms with Crippen molar-refractivity contribution in [3.05, 3.63) is 59.7 Å². The van der Waals surface area contributed by atoms with E-state index in [1.54, 1.807) is 6.07 Å². The molecule has 1 heterocycles. The number of halogens is 2. The van der Waals surface area contributed by atoms with Crippen molar-refractivity contribution in [2.45, 2.75) is 24.7 Å². The van der Waals surface area contributed by atoms with Crippen molar-refractivity contribution in [1.82, 2.24) is 9.21 Å². The second kappa shape index (κ2) is 9.09. The molecule has 0 bridgehead atoms. The molecule has 2 aromatic rings. The molecule has 1 aliphatic heterocycles. The minimum Gasteiger partial charge on any atom is -0.484 e. The average Bonchev–Trinajstić information content (AvgIpc) is 2.74. The molecular weight excluding hydrogens is 414 g/mol. The fourth-order valence-electron chi connectivity index (χ4n) is 3.16. The van der Waals surface area contributed by atoms with Gasteiger partial charge in [0.25, 0.3) is 5.91 Å². The van der Waals surface area contributed by atoms with E-state index in [2.05, 4.69) is 13.8 Å². The van der Waals surface area contributed by atoms with E-state index in [0.717, 1.165) is 22.0 Å². The number of sulfonamides is 1. The second-order valence-corrected chi connectivity index (χ2v) is 9.31. The molecule has 0 spiro atoms. The lowest BCUT2D eigenvalue weighted by Gasteiger charge is -2.34. The molecule has 0 aromatic heterocycles. The lowest BCUT2D eigenvalue weighted by atomic mass is 10.0. The number of rotatable bonds is 6. The van der Waals surface area contributed by atoms with Crippen LogP contribution in [-0.2, 0) is 14.8 Å². The Bertz CT molecular complexity index is 1020. The molecular formula is C21H24F2N2O4S. The first kappa shape index (κ1) is 22.2. The Labute approximate surface area is 175 Å². The maximum atomic E-state index is 13.4. The molecule has 0 atom stereocenters. The van der Waals surface area contributed by atoms with Crippen molar-refractivity contribution in [1.29, 1.82) is 0 Å². The lowest BCUT2D eigenvalue weighted by Crippen LogP contribution is -2.51. The monoisotopic (exact) mass is 438 g/mol. The summed E-state index contributed by atoms with van der Waals surface area (Å²) in [6.07, 6.45) is 0. The Hall–Kier alpha value is -2.52. The summed E-state index contributed by atoms with van der Waals surface area (Å²) in [6, 6.07) is 10.0. The summed E-state index contributed by atoms with van der Waals surface area (Å²) in [7, 11) is -3.96. The molecule has 0 aliphatic carbocycles. The van der Waals surface area contributed by atoms with Crippen LogP contribution in [0.1, 0.15) is 25.3 Å². The first-order valence-corrected chi connectivity index (χ1v) is 11.1. The number of piperazine rings is 1. The van der Waals surface area contributed by atoms with Crippen LogP contribution in [0, 0.1) is 11.6 Å². The number of carbonyl (C=O) groups is 1. The highest BCUT2D eigenvalue weighted by molar-refractivity contribution is 7.89. The van der Waals surface area contributed by atoms with Crippen molar-refractivity contribution < 1.29 is 26.7 Å². The van der Waals surface area contributed by atoms with Gasteiger partial charge < -0.3 is 9.64 Å². The van der Waals surface area contributed by atoms with Crippen LogP contribution < -0.4 is 4.74 Å². The molecule has 0 radical (unpaired) electrons. The minimum atomic E-state index is -3.96. The standard InChI is InChI=1S/C21H24F2N2O4S/c1-15(2)16-4-3-5-17(12-16)29-14-21(26)24-8-10-25(11-9-24)30(27,28)18-6-7-19(22)20(23)13-18/h3-7,12-13,15H,8-11,14H2,1-2H3. The number of nitrogens with zero attached hydrogens (tertiary/aromatic N) is 2. The minimum absolute atomic E-state index is 0.0654. The Kier molecular flexibility index (Phi) is 6.72. The molecule has 9 heteroatoms. The quantitative estimate of drug-likeness (QED) is 0.696. The maximum absolute atomic E-state index is 13.4. The summed E-state index contributed by atoms with van der Waals surface area (Å²) in [5, 5.41) is 0. The SMILES string of the molecule is CC(C)c1cccc(OCC(=O)N2CCN(S(=O)(=O)c3ccc(F)c(F)c3)CC2)c1. The number of hydrogen-bond donors (Lipinski definition) is 0. The van der Waals surface area contributed by atoms with E-state index in [9.17, 15) is 22.0 Å². The summed E-state index contributed by atoms with van der Waals surface area (Å²) in [6.45, 7) is 4.51. The van der Waals surface area contributed by atoms with Crippen LogP contribution >= 0.6 is 0 Å². The van der Waals surface area contributed by atoms with Crippen molar-refractivity contribution in [3.8, 4) is 5.75 Å². The highest BCUT2D eigenvalue weighted by Gasteiger charge is 2.30. The normalized spacial score (nSPS) is 15.4. The Balaban J connectivity index is 1.56. The zero-order valence-electron chi connectivity index (χ0n) is 16.8. The molecule has 0 unspecified atom stereocenters. The second-order valence-electron chi connectivity index (χ2n) is 7.38. The lowest BCUT2D eigenvalue weighted by molar-refractivity contribution is -0.134. The van der Waals surface area contributed by atoms with Crippen LogP contribution in [-0.4, -0.2) is 56.3 Å². The van der Waals surface area contributed by atoms with E-state index < -0.39 is 21.7 Å². The van der Waals surface area contributed by atoms with Gasteiger partial charge in [0.1, 0.15) is 5.75 Å². The van der Waals surface area contributed by atoms with Crippen LogP contribution in [0.25, 0.3) is 0 Å². The summed E-state index contributed by atoms with van der Waals surface area (Å²) < 4.78 is 58.5. The van der Waals surface area contributed by atoms with Gasteiger partial charge in [-0.1, -0.05) is 26.0 Å². The zero-order valence-corrected chi connectivity index (χ0v) is 17.7. The molecule has 0 saturated carbocycles. The predicted molar refractivity (Wildman–Crippen MR) is 108 cm³/mol. The molecule has 0 N–H and O–H groups in total. The summed E-state index contributed by atoms with van der Waals surface area (Å²) in [5.41, 5.74) is 1.11. The molecule has 30 heavy (non-hydrogen) atoms. The van der Waals surface area contributed by atoms with Gasteiger partial charge in [-0.3, -0.25) is 4.79 Å². The molecule has 1 aliphatic rings. The molecule has 1 saturated heterocycles. The maximum Gasteiger partial charge on any atom is 0.260 e. The molecule has 3 rings (SSSR count). The van der Waals surface area contributed by atoms with E-state index in [1.165, 1.54) is 4.90 Å². The van der Waals surface area contributed by atoms with E-state index in [0.29, 0.717) is 17.7 Å². The molecule has 1 amide bonds. The number of amides is 1. The van der Waals surface area contributed by atoms with Gasteiger partial charge in [-0.2, -0.15) is 4.31 Å². The fraction of sp³-hybridized carbons (Fsp3) is 0.381. The van der Waals surface area contributed by atoms with Crippen molar-refractivity contribution >= 4 is 15.9 Å². The van der Waals surface area contributed by atoms with Gasteiger partial charge in [-0.25, -0.2) is 17.2 Å². The van der Waals surface area contributed by atoms with Crippen LogP contribution in [0.2, 0.25) is 0 Å². The van der Waals surface area contributed by atoms with Crippen molar-refractivity contribution in [3.63, 3.8) is 0 Å². The van der Waals surface area contributed by atoms with Crippen LogP contribution in [0.3, 0.4) is 0 Å². The highest BCUT2D eigenvalue weighted by Crippen LogP contribution is 2.21. The Morgan fingerprint density at radius 1 is 1.03 bits per heavy atom. The number of hydrogen-bond acceptors (Lipinski definition) is 4. The largest absolute Gasteiger partial charge is 0.484 e. The first-order chi connectivity index (χ1) is 14.2. The third kappa shape index (κ3) is 4.96. The van der Waals surface area contributed by atoms with Gasteiger partial charge in [0, 0.05) is 26.2 Å². The summed E-state index contributed by atoms with van der Waals surface area (Å²) in [4.78, 5) is 13.7. The van der Waals surface area contributed by atoms with Crippen molar-refractivity contribution in [2.75, 3.05) is 32.8 Å². The summed E-state index contributed by atoms with van der Waals surface area (Å²) >= 11 is 0. The number of benzene rings is 2.